The molecule has 2 heteroatoms. The Kier molecular flexibility index (Phi) is 22.1. The third kappa shape index (κ3) is 16.6. The quantitative estimate of drug-likeness (QED) is 0.152. The zero-order valence-corrected chi connectivity index (χ0v) is 21.5. The Morgan fingerprint density at radius 3 is 1.30 bits per heavy atom. The highest BCUT2D eigenvalue weighted by Crippen LogP contribution is 2.35. The minimum absolute atomic E-state index is 0.0905. The van der Waals surface area contributed by atoms with Gasteiger partial charge in [0.15, 0.2) is 0 Å². The minimum Gasteiger partial charge on any atom is -0.330 e. The van der Waals surface area contributed by atoms with Gasteiger partial charge >= 0.3 is 0 Å². The monoisotopic (exact) mass is 424 g/mol. The molecule has 0 aliphatic heterocycles. The Hall–Kier alpha value is -0.0800. The van der Waals surface area contributed by atoms with Crippen molar-refractivity contribution in [3.8, 4) is 0 Å². The van der Waals surface area contributed by atoms with Gasteiger partial charge in [0.1, 0.15) is 0 Å². The molecule has 1 atom stereocenters. The van der Waals surface area contributed by atoms with E-state index in [-0.39, 0.29) is 5.54 Å². The van der Waals surface area contributed by atoms with E-state index in [2.05, 4.69) is 20.8 Å². The second kappa shape index (κ2) is 22.1. The SMILES string of the molecule is CCCCCCC(CCCCCCCCN)C(N)(CCCCCC)CCCCCC. The summed E-state index contributed by atoms with van der Waals surface area (Å²) in [4.78, 5) is 0. The Morgan fingerprint density at radius 2 is 0.867 bits per heavy atom. The lowest BCUT2D eigenvalue weighted by Crippen LogP contribution is -2.47. The first-order valence-corrected chi connectivity index (χ1v) is 14.1. The normalized spacial score (nSPS) is 13.1. The molecule has 0 saturated heterocycles. The van der Waals surface area contributed by atoms with Crippen LogP contribution in [0.5, 0.6) is 0 Å². The lowest BCUT2D eigenvalue weighted by atomic mass is 9.72. The summed E-state index contributed by atoms with van der Waals surface area (Å²) in [6, 6.07) is 0. The summed E-state index contributed by atoms with van der Waals surface area (Å²) in [5.74, 6) is 0.738. The van der Waals surface area contributed by atoms with Gasteiger partial charge in [-0.25, -0.2) is 0 Å². The molecule has 0 aliphatic rings. The molecule has 0 rings (SSSR count). The van der Waals surface area contributed by atoms with E-state index in [1.54, 1.807) is 0 Å². The largest absolute Gasteiger partial charge is 0.330 e. The maximum absolute atomic E-state index is 7.29. The molecule has 0 aromatic heterocycles. The molecule has 0 saturated carbocycles. The van der Waals surface area contributed by atoms with Gasteiger partial charge in [-0.1, -0.05) is 130 Å². The van der Waals surface area contributed by atoms with Crippen molar-refractivity contribution in [3.63, 3.8) is 0 Å². The molecule has 0 aliphatic carbocycles. The predicted molar refractivity (Wildman–Crippen MR) is 138 cm³/mol. The molecule has 2 nitrogen and oxygen atoms in total. The highest BCUT2D eigenvalue weighted by Gasteiger charge is 2.33. The fraction of sp³-hybridized carbons (Fsp3) is 1.00. The number of rotatable bonds is 24. The lowest BCUT2D eigenvalue weighted by Gasteiger charge is -2.39. The van der Waals surface area contributed by atoms with Gasteiger partial charge in [-0.15, -0.1) is 0 Å². The van der Waals surface area contributed by atoms with Crippen LogP contribution in [0.15, 0.2) is 0 Å². The van der Waals surface area contributed by atoms with Gasteiger partial charge in [0.25, 0.3) is 0 Å². The van der Waals surface area contributed by atoms with Gasteiger partial charge in [0, 0.05) is 5.54 Å². The van der Waals surface area contributed by atoms with Crippen molar-refractivity contribution in [2.45, 2.75) is 168 Å². The number of hydrogen-bond donors (Lipinski definition) is 2. The smallest absolute Gasteiger partial charge is 0.0182 e. The molecule has 4 N–H and O–H groups in total. The molecule has 0 amide bonds. The van der Waals surface area contributed by atoms with Crippen LogP contribution < -0.4 is 11.5 Å². The lowest BCUT2D eigenvalue weighted by molar-refractivity contribution is 0.190. The average molecular weight is 425 g/mol. The van der Waals surface area contributed by atoms with E-state index in [0.29, 0.717) is 0 Å². The molecule has 30 heavy (non-hydrogen) atoms. The summed E-state index contributed by atoms with van der Waals surface area (Å²) >= 11 is 0. The Bertz CT molecular complexity index is 317. The first-order chi connectivity index (χ1) is 14.6. The van der Waals surface area contributed by atoms with Crippen molar-refractivity contribution in [3.05, 3.63) is 0 Å². The molecular formula is C28H60N2. The molecule has 0 aromatic carbocycles. The van der Waals surface area contributed by atoms with Gasteiger partial charge in [0.2, 0.25) is 0 Å². The van der Waals surface area contributed by atoms with Crippen molar-refractivity contribution in [1.82, 2.24) is 0 Å². The first-order valence-electron chi connectivity index (χ1n) is 14.1. The van der Waals surface area contributed by atoms with E-state index in [4.69, 9.17) is 11.5 Å². The van der Waals surface area contributed by atoms with Crippen LogP contribution in [0, 0.1) is 5.92 Å². The maximum atomic E-state index is 7.29. The van der Waals surface area contributed by atoms with Gasteiger partial charge in [0.05, 0.1) is 0 Å². The fourth-order valence-electron chi connectivity index (χ4n) is 5.07. The van der Waals surface area contributed by atoms with Gasteiger partial charge in [-0.05, 0) is 44.6 Å². The highest BCUT2D eigenvalue weighted by molar-refractivity contribution is 4.91. The summed E-state index contributed by atoms with van der Waals surface area (Å²) < 4.78 is 0. The van der Waals surface area contributed by atoms with Crippen LogP contribution in [-0.2, 0) is 0 Å². The van der Waals surface area contributed by atoms with Gasteiger partial charge < -0.3 is 11.5 Å². The number of hydrogen-bond acceptors (Lipinski definition) is 2. The zero-order chi connectivity index (χ0) is 22.3. The van der Waals surface area contributed by atoms with Crippen LogP contribution >= 0.6 is 0 Å². The van der Waals surface area contributed by atoms with E-state index >= 15 is 0 Å². The molecule has 0 bridgehead atoms. The summed E-state index contributed by atoms with van der Waals surface area (Å²) in [5, 5.41) is 0. The van der Waals surface area contributed by atoms with Crippen LogP contribution in [0.3, 0.4) is 0 Å². The summed E-state index contributed by atoms with van der Waals surface area (Å²) in [6.45, 7) is 7.79. The first kappa shape index (κ1) is 29.9. The van der Waals surface area contributed by atoms with Crippen molar-refractivity contribution in [2.24, 2.45) is 17.4 Å². The number of unbranched alkanes of at least 4 members (excludes halogenated alkanes) is 14. The summed E-state index contributed by atoms with van der Waals surface area (Å²) in [7, 11) is 0. The minimum atomic E-state index is 0.0905. The van der Waals surface area contributed by atoms with Crippen LogP contribution in [0.2, 0.25) is 0 Å². The fourth-order valence-corrected chi connectivity index (χ4v) is 5.07. The molecule has 0 heterocycles. The molecule has 0 fully saturated rings. The van der Waals surface area contributed by atoms with Crippen molar-refractivity contribution < 1.29 is 0 Å². The van der Waals surface area contributed by atoms with E-state index in [1.165, 1.54) is 141 Å². The van der Waals surface area contributed by atoms with Crippen LogP contribution in [0.25, 0.3) is 0 Å². The Morgan fingerprint density at radius 1 is 0.500 bits per heavy atom. The summed E-state index contributed by atoms with van der Waals surface area (Å²) in [5.41, 5.74) is 13.0. The van der Waals surface area contributed by atoms with E-state index in [1.807, 2.05) is 0 Å². The molecule has 0 radical (unpaired) electrons. The van der Waals surface area contributed by atoms with Crippen LogP contribution in [-0.4, -0.2) is 12.1 Å². The van der Waals surface area contributed by atoms with Gasteiger partial charge in [-0.2, -0.15) is 0 Å². The molecule has 0 aromatic rings. The summed E-state index contributed by atoms with van der Waals surface area (Å²) in [6.07, 6.45) is 29.5. The highest BCUT2D eigenvalue weighted by atomic mass is 14.8. The van der Waals surface area contributed by atoms with E-state index < -0.39 is 0 Å². The molecular weight excluding hydrogens is 364 g/mol. The topological polar surface area (TPSA) is 52.0 Å². The van der Waals surface area contributed by atoms with Crippen molar-refractivity contribution >= 4 is 0 Å². The standard InChI is InChI=1S/C28H60N2/c1-4-7-10-17-22-27(23-18-15-13-14-16-21-26-29)28(30,24-19-11-8-5-2)25-20-12-9-6-3/h27H,4-26,29-30H2,1-3H3. The van der Waals surface area contributed by atoms with Crippen molar-refractivity contribution in [1.29, 1.82) is 0 Å². The van der Waals surface area contributed by atoms with E-state index in [9.17, 15) is 0 Å². The second-order valence-corrected chi connectivity index (χ2v) is 10.1. The average Bonchev–Trinajstić information content (AvgIpc) is 2.75. The molecule has 0 spiro atoms. The van der Waals surface area contributed by atoms with Crippen LogP contribution in [0.1, 0.15) is 162 Å². The Balaban J connectivity index is 4.76. The van der Waals surface area contributed by atoms with Crippen molar-refractivity contribution in [2.75, 3.05) is 6.54 Å². The third-order valence-corrected chi connectivity index (χ3v) is 7.22. The molecule has 1 unspecified atom stereocenters. The Labute approximate surface area is 191 Å². The number of nitrogens with two attached hydrogens (primary N) is 2. The zero-order valence-electron chi connectivity index (χ0n) is 21.5. The molecule has 182 valence electrons. The van der Waals surface area contributed by atoms with E-state index in [0.717, 1.165) is 12.5 Å². The van der Waals surface area contributed by atoms with Gasteiger partial charge in [-0.3, -0.25) is 0 Å². The second-order valence-electron chi connectivity index (χ2n) is 10.1. The predicted octanol–water partition coefficient (Wildman–Crippen LogP) is 8.90. The van der Waals surface area contributed by atoms with Crippen LogP contribution in [0.4, 0.5) is 0 Å². The maximum Gasteiger partial charge on any atom is 0.0182 e. The third-order valence-electron chi connectivity index (χ3n) is 7.22.